The first-order valence-electron chi connectivity index (χ1n) is 23.4. The summed E-state index contributed by atoms with van der Waals surface area (Å²) in [6.07, 6.45) is 1.42. The van der Waals surface area contributed by atoms with Crippen LogP contribution < -0.4 is 33.6 Å². The number of rotatable bonds is 24. The number of nitrogens with one attached hydrogen (secondary N) is 2. The molecule has 0 bridgehead atoms. The van der Waals surface area contributed by atoms with Gasteiger partial charge in [-0.2, -0.15) is 0 Å². The maximum atomic E-state index is 14.6. The fourth-order valence-corrected chi connectivity index (χ4v) is 9.32. The number of amides is 6. The molecule has 366 valence electrons. The van der Waals surface area contributed by atoms with Crippen molar-refractivity contribution in [1.29, 1.82) is 0 Å². The fourth-order valence-electron chi connectivity index (χ4n) is 9.32. The highest BCUT2D eigenvalue weighted by Gasteiger charge is 2.46. The van der Waals surface area contributed by atoms with Crippen LogP contribution in [-0.2, 0) is 33.5 Å². The minimum Gasteiger partial charge on any atom is -0.480 e. The number of nitrogens with zero attached hydrogens (tertiary/aromatic N) is 4. The summed E-state index contributed by atoms with van der Waals surface area (Å²) in [5.41, 5.74) is 26.0. The first-order valence-corrected chi connectivity index (χ1v) is 23.4. The molecule has 2 aliphatic heterocycles. The smallest absolute Gasteiger partial charge is 0.417 e. The molecule has 0 spiro atoms. The molecule has 6 atom stereocenters. The third kappa shape index (κ3) is 13.3. The topological polar surface area (TPSA) is 319 Å². The molecule has 2 saturated heterocycles. The number of aliphatic hydroxyl groups is 1. The number of benzene rings is 2. The standard InChI is InChI=1S/C47H68N10O10/c1-29(58)40(57(39(59)22-3-2-9-23-48)47(66)67-28-34-32-16-6-4-14-30(32)31-15-5-7-17-33(31)34)42(61)53-35(18-8-10-24-49)43(62)56-27-13-21-38(56)44(63)55-26-12-20-37(55)41(60)54-36(45(64)65)19-11-25-52-46(50)51/h4-7,14-17,29,34-38,40,58H,2-3,8-13,18-28,48-49H2,1H3,(H,53,61)(H,54,60)(H,64,65)(H4,50,51,52)/t29-,35+,36+,37+,38+,40+/m1/s1. The van der Waals surface area contributed by atoms with Crippen LogP contribution in [-0.4, -0.2) is 148 Å². The van der Waals surface area contributed by atoms with Crippen LogP contribution in [0.15, 0.2) is 53.5 Å². The van der Waals surface area contributed by atoms with Crippen molar-refractivity contribution < 1.29 is 48.5 Å². The van der Waals surface area contributed by atoms with Crippen molar-refractivity contribution in [3.05, 3.63) is 59.7 Å². The molecule has 3 aliphatic rings. The molecule has 0 saturated carbocycles. The predicted molar refractivity (Wildman–Crippen MR) is 249 cm³/mol. The number of carboxylic acids is 1. The van der Waals surface area contributed by atoms with Gasteiger partial charge in [0.05, 0.1) is 6.10 Å². The number of aliphatic carboxylic acids is 1. The second-order valence-electron chi connectivity index (χ2n) is 17.4. The number of carbonyl (C=O) groups excluding carboxylic acids is 6. The number of hydrogen-bond donors (Lipinski definition) is 8. The second-order valence-corrected chi connectivity index (χ2v) is 17.4. The Bertz CT molecular complexity index is 2050. The van der Waals surface area contributed by atoms with Crippen LogP contribution in [0.2, 0.25) is 0 Å². The van der Waals surface area contributed by atoms with Crippen molar-refractivity contribution in [2.75, 3.05) is 39.3 Å². The summed E-state index contributed by atoms with van der Waals surface area (Å²) in [5.74, 6) is -5.21. The van der Waals surface area contributed by atoms with E-state index in [1.165, 1.54) is 16.7 Å². The van der Waals surface area contributed by atoms with E-state index in [1.54, 1.807) is 0 Å². The molecular formula is C47H68N10O10. The molecule has 12 N–H and O–H groups in total. The molecule has 0 unspecified atom stereocenters. The quantitative estimate of drug-likeness (QED) is 0.0418. The first kappa shape index (κ1) is 51.9. The molecule has 5 rings (SSSR count). The summed E-state index contributed by atoms with van der Waals surface area (Å²) in [6, 6.07) is 9.18. The Kier molecular flexibility index (Phi) is 19.5. The Labute approximate surface area is 391 Å². The van der Waals surface area contributed by atoms with Gasteiger partial charge in [0.1, 0.15) is 36.8 Å². The van der Waals surface area contributed by atoms with Crippen LogP contribution >= 0.6 is 0 Å². The van der Waals surface area contributed by atoms with Crippen LogP contribution in [0.25, 0.3) is 11.1 Å². The number of carboxylic acid groups (broad SMARTS) is 1. The van der Waals surface area contributed by atoms with E-state index in [9.17, 15) is 43.8 Å². The van der Waals surface area contributed by atoms with Crippen molar-refractivity contribution >= 4 is 47.6 Å². The summed E-state index contributed by atoms with van der Waals surface area (Å²) in [5, 5.41) is 26.3. The Hall–Kier alpha value is -6.12. The van der Waals surface area contributed by atoms with Crippen molar-refractivity contribution in [1.82, 2.24) is 25.3 Å². The number of imide groups is 1. The van der Waals surface area contributed by atoms with Crippen molar-refractivity contribution in [2.24, 2.45) is 27.9 Å². The van der Waals surface area contributed by atoms with Gasteiger partial charge >= 0.3 is 12.1 Å². The number of carbonyl (C=O) groups is 7. The molecule has 0 aromatic heterocycles. The number of unbranched alkanes of at least 4 members (excludes halogenated alkanes) is 3. The van der Waals surface area contributed by atoms with E-state index >= 15 is 0 Å². The number of hydrogen-bond acceptors (Lipinski definition) is 12. The molecule has 20 nitrogen and oxygen atoms in total. The summed E-state index contributed by atoms with van der Waals surface area (Å²) in [4.78, 5) is 104. The lowest BCUT2D eigenvalue weighted by Crippen LogP contribution is -2.61. The van der Waals surface area contributed by atoms with Crippen molar-refractivity contribution in [3.63, 3.8) is 0 Å². The molecule has 2 fully saturated rings. The van der Waals surface area contributed by atoms with Gasteiger partial charge in [-0.15, -0.1) is 0 Å². The van der Waals surface area contributed by atoms with Gasteiger partial charge in [-0.25, -0.2) is 14.5 Å². The maximum Gasteiger partial charge on any atom is 0.417 e. The fraction of sp³-hybridized carbons (Fsp3) is 0.574. The molecule has 20 heteroatoms. The highest BCUT2D eigenvalue weighted by molar-refractivity contribution is 6.00. The van der Waals surface area contributed by atoms with Crippen LogP contribution in [0, 0.1) is 0 Å². The number of ether oxygens (including phenoxy) is 1. The van der Waals surface area contributed by atoms with E-state index in [-0.39, 0.29) is 76.6 Å². The van der Waals surface area contributed by atoms with Gasteiger partial charge in [0.15, 0.2) is 5.96 Å². The predicted octanol–water partition coefficient (Wildman–Crippen LogP) is 1.25. The van der Waals surface area contributed by atoms with Gasteiger partial charge in [-0.05, 0) is 113 Å². The monoisotopic (exact) mass is 933 g/mol. The van der Waals surface area contributed by atoms with Crippen LogP contribution in [0.1, 0.15) is 107 Å². The molecular weight excluding hydrogens is 865 g/mol. The zero-order valence-electron chi connectivity index (χ0n) is 38.4. The average Bonchev–Trinajstić information content (AvgIpc) is 4.07. The van der Waals surface area contributed by atoms with Gasteiger partial charge in [-0.1, -0.05) is 55.0 Å². The Morgan fingerprint density at radius 1 is 0.791 bits per heavy atom. The molecule has 2 aromatic carbocycles. The first-order chi connectivity index (χ1) is 32.2. The molecule has 2 heterocycles. The lowest BCUT2D eigenvalue weighted by Gasteiger charge is -2.35. The van der Waals surface area contributed by atoms with Crippen LogP contribution in [0.4, 0.5) is 4.79 Å². The molecule has 1 aliphatic carbocycles. The molecule has 67 heavy (non-hydrogen) atoms. The molecule has 0 radical (unpaired) electrons. The number of aliphatic hydroxyl groups excluding tert-OH is 1. The molecule has 2 aromatic rings. The number of aliphatic imine (C=N–C) groups is 1. The van der Waals surface area contributed by atoms with Gasteiger partial charge in [-0.3, -0.25) is 29.0 Å². The van der Waals surface area contributed by atoms with E-state index in [1.807, 2.05) is 48.5 Å². The van der Waals surface area contributed by atoms with E-state index in [0.717, 1.165) is 22.3 Å². The van der Waals surface area contributed by atoms with E-state index < -0.39 is 77.9 Å². The van der Waals surface area contributed by atoms with Crippen molar-refractivity contribution in [2.45, 2.75) is 133 Å². The zero-order chi connectivity index (χ0) is 48.6. The number of fused-ring (bicyclic) bond motifs is 3. The van der Waals surface area contributed by atoms with Gasteiger partial charge < -0.3 is 58.3 Å². The highest BCUT2D eigenvalue weighted by atomic mass is 16.6. The minimum atomic E-state index is -1.80. The van der Waals surface area contributed by atoms with Crippen molar-refractivity contribution in [3.8, 4) is 11.1 Å². The Balaban J connectivity index is 1.34. The van der Waals surface area contributed by atoms with Gasteiger partial charge in [0.2, 0.25) is 29.5 Å². The maximum absolute atomic E-state index is 14.6. The summed E-state index contributed by atoms with van der Waals surface area (Å²) >= 11 is 0. The normalized spacial score (nSPS) is 18.2. The zero-order valence-corrected chi connectivity index (χ0v) is 38.4. The van der Waals surface area contributed by atoms with Gasteiger partial charge in [0, 0.05) is 32.0 Å². The number of nitrogens with two attached hydrogens (primary N) is 4. The van der Waals surface area contributed by atoms with Crippen LogP contribution in [0.5, 0.6) is 0 Å². The van der Waals surface area contributed by atoms with E-state index in [0.29, 0.717) is 62.9 Å². The summed E-state index contributed by atoms with van der Waals surface area (Å²) in [7, 11) is 0. The SMILES string of the molecule is C[C@@H](O)[C@@H](C(=O)N[C@@H](CCCCN)C(=O)N1CCC[C@H]1C(=O)N1CCC[C@H]1C(=O)N[C@@H](CCCN=C(N)N)C(=O)O)N(C(=O)CCCCCN)C(=O)OCC1c2ccccc2-c2ccccc21. The summed E-state index contributed by atoms with van der Waals surface area (Å²) in [6.45, 7) is 2.33. The lowest BCUT2D eigenvalue weighted by molar-refractivity contribution is -0.149. The van der Waals surface area contributed by atoms with E-state index in [2.05, 4.69) is 15.6 Å². The summed E-state index contributed by atoms with van der Waals surface area (Å²) < 4.78 is 5.88. The Morgan fingerprint density at radius 3 is 2.00 bits per heavy atom. The number of guanidine groups is 1. The minimum absolute atomic E-state index is 0.0447. The second kappa shape index (κ2) is 25.1. The van der Waals surface area contributed by atoms with Crippen LogP contribution in [0.3, 0.4) is 0 Å². The largest absolute Gasteiger partial charge is 0.480 e. The third-order valence-corrected chi connectivity index (χ3v) is 12.7. The Morgan fingerprint density at radius 2 is 1.39 bits per heavy atom. The lowest BCUT2D eigenvalue weighted by atomic mass is 9.98. The third-order valence-electron chi connectivity index (χ3n) is 12.7. The molecule has 6 amide bonds. The van der Waals surface area contributed by atoms with E-state index in [4.69, 9.17) is 27.7 Å². The highest BCUT2D eigenvalue weighted by Crippen LogP contribution is 2.44. The average molecular weight is 933 g/mol. The van der Waals surface area contributed by atoms with Gasteiger partial charge in [0.25, 0.3) is 0 Å². The number of likely N-dealkylation sites (tertiary alicyclic amines) is 2.